The van der Waals surface area contributed by atoms with Crippen LogP contribution in [-0.2, 0) is 6.42 Å². The van der Waals surface area contributed by atoms with E-state index < -0.39 is 0 Å². The number of hydrogen-bond acceptors (Lipinski definition) is 6. The number of nitrogens with zero attached hydrogens (tertiary/aromatic N) is 3. The molecule has 2 aromatic heterocycles. The van der Waals surface area contributed by atoms with Crippen molar-refractivity contribution in [1.82, 2.24) is 14.6 Å². The summed E-state index contributed by atoms with van der Waals surface area (Å²) in [4.78, 5) is 5.18. The summed E-state index contributed by atoms with van der Waals surface area (Å²) >= 11 is 2.96. The molecular formula is C7H8N4S2. The molecule has 4 nitrogen and oxygen atoms in total. The van der Waals surface area contributed by atoms with E-state index in [1.807, 2.05) is 5.38 Å². The highest BCUT2D eigenvalue weighted by molar-refractivity contribution is 7.09. The lowest BCUT2D eigenvalue weighted by Crippen LogP contribution is -2.11. The topological polar surface area (TPSA) is 64.7 Å². The second-order valence-electron chi connectivity index (χ2n) is 2.56. The van der Waals surface area contributed by atoms with Crippen LogP contribution in [0.5, 0.6) is 0 Å². The lowest BCUT2D eigenvalue weighted by Gasteiger charge is -2.04. The van der Waals surface area contributed by atoms with Crippen LogP contribution in [-0.4, -0.2) is 14.6 Å². The first-order valence-corrected chi connectivity index (χ1v) is 5.43. The molecule has 0 spiro atoms. The van der Waals surface area contributed by atoms with E-state index >= 15 is 0 Å². The number of thiazole rings is 1. The molecule has 0 aliphatic rings. The van der Waals surface area contributed by atoms with Crippen molar-refractivity contribution in [3.05, 3.63) is 27.7 Å². The Morgan fingerprint density at radius 1 is 1.54 bits per heavy atom. The predicted octanol–water partition coefficient (Wildman–Crippen LogP) is 1.24. The SMILES string of the molecule is NC(Cc1nccs1)c1cnns1. The Bertz CT molecular complexity index is 342. The van der Waals surface area contributed by atoms with E-state index in [-0.39, 0.29) is 6.04 Å². The van der Waals surface area contributed by atoms with Crippen molar-refractivity contribution in [2.75, 3.05) is 0 Å². The van der Waals surface area contributed by atoms with E-state index in [4.69, 9.17) is 5.73 Å². The fraction of sp³-hybridized carbons (Fsp3) is 0.286. The van der Waals surface area contributed by atoms with Gasteiger partial charge in [0.25, 0.3) is 0 Å². The molecule has 6 heteroatoms. The Labute approximate surface area is 83.6 Å². The van der Waals surface area contributed by atoms with Gasteiger partial charge in [0.1, 0.15) is 0 Å². The molecule has 0 aliphatic heterocycles. The molecule has 0 radical (unpaired) electrons. The average Bonchev–Trinajstić information content (AvgIpc) is 2.74. The molecule has 2 rings (SSSR count). The molecule has 13 heavy (non-hydrogen) atoms. The minimum atomic E-state index is -0.0221. The summed E-state index contributed by atoms with van der Waals surface area (Å²) in [5.74, 6) is 0. The van der Waals surface area contributed by atoms with Gasteiger partial charge in [0.2, 0.25) is 0 Å². The predicted molar refractivity (Wildman–Crippen MR) is 52.7 cm³/mol. The van der Waals surface area contributed by atoms with Gasteiger partial charge in [-0.3, -0.25) is 0 Å². The van der Waals surface area contributed by atoms with Crippen LogP contribution in [0.1, 0.15) is 15.9 Å². The second kappa shape index (κ2) is 3.91. The van der Waals surface area contributed by atoms with Crippen LogP contribution < -0.4 is 5.73 Å². The summed E-state index contributed by atoms with van der Waals surface area (Å²) in [5, 5.41) is 6.75. The highest BCUT2D eigenvalue weighted by Gasteiger charge is 2.10. The van der Waals surface area contributed by atoms with Crippen molar-refractivity contribution in [1.29, 1.82) is 0 Å². The monoisotopic (exact) mass is 212 g/mol. The maximum absolute atomic E-state index is 5.93. The molecule has 0 amide bonds. The van der Waals surface area contributed by atoms with E-state index in [1.54, 1.807) is 23.7 Å². The van der Waals surface area contributed by atoms with Gasteiger partial charge in [0, 0.05) is 24.0 Å². The molecule has 0 saturated carbocycles. The average molecular weight is 212 g/mol. The fourth-order valence-corrected chi connectivity index (χ4v) is 2.16. The Kier molecular flexibility index (Phi) is 2.62. The number of rotatable bonds is 3. The molecule has 1 atom stereocenters. The third-order valence-corrected chi connectivity index (χ3v) is 3.22. The van der Waals surface area contributed by atoms with Gasteiger partial charge in [-0.2, -0.15) is 0 Å². The summed E-state index contributed by atoms with van der Waals surface area (Å²) in [6.45, 7) is 0. The fourth-order valence-electron chi connectivity index (χ4n) is 0.981. The van der Waals surface area contributed by atoms with E-state index in [0.29, 0.717) is 0 Å². The smallest absolute Gasteiger partial charge is 0.0944 e. The summed E-state index contributed by atoms with van der Waals surface area (Å²) in [7, 11) is 0. The largest absolute Gasteiger partial charge is 0.323 e. The molecule has 2 aromatic rings. The van der Waals surface area contributed by atoms with Crippen molar-refractivity contribution in [2.45, 2.75) is 12.5 Å². The first kappa shape index (κ1) is 8.74. The molecule has 1 unspecified atom stereocenters. The Hall–Kier alpha value is -0.850. The van der Waals surface area contributed by atoms with Crippen molar-refractivity contribution in [3.8, 4) is 0 Å². The standard InChI is InChI=1S/C7H8N4S2/c8-5(6-4-10-11-13-6)3-7-9-1-2-12-7/h1-2,4-5H,3,8H2. The highest BCUT2D eigenvalue weighted by atomic mass is 32.1. The molecule has 0 saturated heterocycles. The first-order valence-electron chi connectivity index (χ1n) is 3.77. The van der Waals surface area contributed by atoms with Crippen molar-refractivity contribution in [2.24, 2.45) is 5.73 Å². The third kappa shape index (κ3) is 2.09. The molecular weight excluding hydrogens is 204 g/mol. The van der Waals surface area contributed by atoms with E-state index in [9.17, 15) is 0 Å². The minimum Gasteiger partial charge on any atom is -0.323 e. The number of nitrogens with two attached hydrogens (primary N) is 1. The van der Waals surface area contributed by atoms with Crippen molar-refractivity contribution < 1.29 is 0 Å². The zero-order chi connectivity index (χ0) is 9.10. The third-order valence-electron chi connectivity index (χ3n) is 1.62. The van der Waals surface area contributed by atoms with Gasteiger partial charge in [-0.15, -0.1) is 16.4 Å². The first-order chi connectivity index (χ1) is 6.36. The van der Waals surface area contributed by atoms with Gasteiger partial charge in [0.15, 0.2) is 0 Å². The van der Waals surface area contributed by atoms with Crippen molar-refractivity contribution in [3.63, 3.8) is 0 Å². The van der Waals surface area contributed by atoms with Crippen LogP contribution in [0.25, 0.3) is 0 Å². The van der Waals surface area contributed by atoms with Crippen LogP contribution in [0.15, 0.2) is 17.8 Å². The lowest BCUT2D eigenvalue weighted by atomic mass is 10.2. The van der Waals surface area contributed by atoms with Gasteiger partial charge < -0.3 is 5.73 Å². The Balaban J connectivity index is 2.04. The van der Waals surface area contributed by atoms with Gasteiger partial charge in [-0.25, -0.2) is 4.98 Å². The second-order valence-corrected chi connectivity index (χ2v) is 4.35. The summed E-state index contributed by atoms with van der Waals surface area (Å²) in [5.41, 5.74) is 5.93. The van der Waals surface area contributed by atoms with Crippen LogP contribution in [0, 0.1) is 0 Å². The molecule has 2 N–H and O–H groups in total. The molecule has 2 heterocycles. The lowest BCUT2D eigenvalue weighted by molar-refractivity contribution is 0.730. The number of hydrogen-bond donors (Lipinski definition) is 1. The molecule has 0 fully saturated rings. The van der Waals surface area contributed by atoms with Gasteiger partial charge in [-0.05, 0) is 11.5 Å². The van der Waals surface area contributed by atoms with Gasteiger partial charge in [0.05, 0.1) is 16.1 Å². The quantitative estimate of drug-likeness (QED) is 0.831. The molecule has 0 bridgehead atoms. The zero-order valence-corrected chi connectivity index (χ0v) is 8.38. The highest BCUT2D eigenvalue weighted by Crippen LogP contribution is 2.18. The van der Waals surface area contributed by atoms with Crippen molar-refractivity contribution >= 4 is 22.9 Å². The Morgan fingerprint density at radius 2 is 2.46 bits per heavy atom. The summed E-state index contributed by atoms with van der Waals surface area (Å²) in [6, 6.07) is -0.0221. The molecule has 0 aromatic carbocycles. The number of aromatic nitrogens is 3. The Morgan fingerprint density at radius 3 is 3.08 bits per heavy atom. The normalized spacial score (nSPS) is 13.0. The van der Waals surface area contributed by atoms with E-state index in [2.05, 4.69) is 14.6 Å². The van der Waals surface area contributed by atoms with Crippen LogP contribution in [0.2, 0.25) is 0 Å². The van der Waals surface area contributed by atoms with E-state index in [1.165, 1.54) is 11.5 Å². The summed E-state index contributed by atoms with van der Waals surface area (Å²) in [6.07, 6.45) is 4.27. The van der Waals surface area contributed by atoms with Crippen LogP contribution >= 0.6 is 22.9 Å². The van der Waals surface area contributed by atoms with Gasteiger partial charge >= 0.3 is 0 Å². The van der Waals surface area contributed by atoms with Crippen LogP contribution in [0.3, 0.4) is 0 Å². The van der Waals surface area contributed by atoms with Crippen LogP contribution in [0.4, 0.5) is 0 Å². The summed E-state index contributed by atoms with van der Waals surface area (Å²) < 4.78 is 3.77. The molecule has 0 aliphatic carbocycles. The minimum absolute atomic E-state index is 0.0221. The maximum atomic E-state index is 5.93. The van der Waals surface area contributed by atoms with Gasteiger partial charge in [-0.1, -0.05) is 4.49 Å². The van der Waals surface area contributed by atoms with E-state index in [0.717, 1.165) is 16.3 Å². The zero-order valence-electron chi connectivity index (χ0n) is 6.75. The maximum Gasteiger partial charge on any atom is 0.0944 e. The molecule has 68 valence electrons.